The van der Waals surface area contributed by atoms with Crippen molar-refractivity contribution in [1.82, 2.24) is 9.55 Å². The van der Waals surface area contributed by atoms with Gasteiger partial charge in [0.1, 0.15) is 23.5 Å². The highest BCUT2D eigenvalue weighted by molar-refractivity contribution is 7.53. The average Bonchev–Trinajstić information content (AvgIpc) is 2.83. The zero-order valence-electron chi connectivity index (χ0n) is 19.7. The molecule has 1 aromatic heterocycles. The van der Waals surface area contributed by atoms with Gasteiger partial charge < -0.3 is 9.05 Å². The molecule has 180 valence electrons. The Labute approximate surface area is 203 Å². The van der Waals surface area contributed by atoms with Crippen LogP contribution in [0.3, 0.4) is 0 Å². The Morgan fingerprint density at radius 1 is 0.886 bits per heavy atom. The predicted octanol–water partition coefficient (Wildman–Crippen LogP) is 6.56. The highest BCUT2D eigenvalue weighted by Crippen LogP contribution is 2.53. The minimum absolute atomic E-state index is 0.153. The molecule has 0 atom stereocenters. The van der Waals surface area contributed by atoms with Crippen LogP contribution in [0.25, 0.3) is 11.3 Å². The monoisotopic (exact) mass is 492 g/mol. The van der Waals surface area contributed by atoms with Gasteiger partial charge in [0.25, 0.3) is 0 Å². The second kappa shape index (κ2) is 10.3. The molecule has 0 spiro atoms. The van der Waals surface area contributed by atoms with E-state index in [9.17, 15) is 13.8 Å². The topological polar surface area (TPSA) is 70.4 Å². The lowest BCUT2D eigenvalue weighted by atomic mass is 9.99. The van der Waals surface area contributed by atoms with Gasteiger partial charge in [-0.1, -0.05) is 50.2 Å². The van der Waals surface area contributed by atoms with Gasteiger partial charge in [0.2, 0.25) is 0 Å². The summed E-state index contributed by atoms with van der Waals surface area (Å²) in [4.78, 5) is 17.0. The Balaban J connectivity index is 1.89. The summed E-state index contributed by atoms with van der Waals surface area (Å²) < 4.78 is 41.3. The van der Waals surface area contributed by atoms with Crippen molar-refractivity contribution in [2.75, 3.05) is 0 Å². The summed E-state index contributed by atoms with van der Waals surface area (Å²) in [6, 6.07) is 23.4. The molecule has 0 aliphatic rings. The normalized spacial score (nSPS) is 11.5. The zero-order chi connectivity index (χ0) is 25.0. The van der Waals surface area contributed by atoms with Gasteiger partial charge in [-0.2, -0.15) is 4.98 Å². The van der Waals surface area contributed by atoms with E-state index in [4.69, 9.17) is 9.05 Å². The maximum absolute atomic E-state index is 14.3. The molecule has 0 aliphatic carbocycles. The SMILES string of the molecule is CC(C)c1nc(=O)n(C)c(-c2ccc(F)cc2)c1CP(=O)(Oc1ccccc1)Oc1ccccc1. The average molecular weight is 492 g/mol. The van der Waals surface area contributed by atoms with E-state index in [0.717, 1.165) is 0 Å². The van der Waals surface area contributed by atoms with Crippen LogP contribution in [0.15, 0.2) is 89.7 Å². The van der Waals surface area contributed by atoms with Crippen LogP contribution in [0, 0.1) is 5.82 Å². The van der Waals surface area contributed by atoms with E-state index in [1.807, 2.05) is 26.0 Å². The first-order chi connectivity index (χ1) is 16.8. The van der Waals surface area contributed by atoms with Crippen molar-refractivity contribution in [3.63, 3.8) is 0 Å². The maximum atomic E-state index is 14.3. The summed E-state index contributed by atoms with van der Waals surface area (Å²) in [5.41, 5.74) is 1.66. The highest BCUT2D eigenvalue weighted by atomic mass is 31.2. The van der Waals surface area contributed by atoms with Gasteiger partial charge in [-0.25, -0.2) is 13.8 Å². The zero-order valence-corrected chi connectivity index (χ0v) is 20.6. The Bertz CT molecular complexity index is 1360. The van der Waals surface area contributed by atoms with Gasteiger partial charge >= 0.3 is 13.3 Å². The molecule has 4 rings (SSSR count). The van der Waals surface area contributed by atoms with E-state index >= 15 is 0 Å². The van der Waals surface area contributed by atoms with Gasteiger partial charge in [-0.05, 0) is 60.0 Å². The van der Waals surface area contributed by atoms with Gasteiger partial charge in [0, 0.05) is 12.6 Å². The smallest absolute Gasteiger partial charge is 0.416 e. The van der Waals surface area contributed by atoms with Gasteiger partial charge in [-0.15, -0.1) is 0 Å². The molecule has 4 aromatic rings. The molecule has 0 bridgehead atoms. The number of benzene rings is 3. The van der Waals surface area contributed by atoms with E-state index in [1.165, 1.54) is 16.7 Å². The van der Waals surface area contributed by atoms with Crippen molar-refractivity contribution in [1.29, 1.82) is 0 Å². The molecule has 8 heteroatoms. The third kappa shape index (κ3) is 5.69. The lowest BCUT2D eigenvalue weighted by Gasteiger charge is -2.24. The molecule has 0 unspecified atom stereocenters. The number of hydrogen-bond donors (Lipinski definition) is 0. The third-order valence-electron chi connectivity index (χ3n) is 5.43. The molecule has 0 radical (unpaired) electrons. The minimum Gasteiger partial charge on any atom is -0.416 e. The summed E-state index contributed by atoms with van der Waals surface area (Å²) in [6.45, 7) is 3.81. The number of hydrogen-bond acceptors (Lipinski definition) is 5. The highest BCUT2D eigenvalue weighted by Gasteiger charge is 2.33. The summed E-state index contributed by atoms with van der Waals surface area (Å²) >= 11 is 0. The van der Waals surface area contributed by atoms with E-state index in [1.54, 1.807) is 67.7 Å². The Morgan fingerprint density at radius 2 is 1.40 bits per heavy atom. The lowest BCUT2D eigenvalue weighted by molar-refractivity contribution is 0.384. The van der Waals surface area contributed by atoms with E-state index in [2.05, 4.69) is 4.98 Å². The standard InChI is InChI=1S/C27H26FN2O4P/c1-19(2)25-24(26(30(3)27(31)29-25)20-14-16-21(28)17-15-20)18-35(32,33-22-10-6-4-7-11-22)34-23-12-8-5-9-13-23/h4-17,19H,18H2,1-3H3. The molecular weight excluding hydrogens is 466 g/mol. The number of nitrogens with zero attached hydrogens (tertiary/aromatic N) is 2. The second-order valence-corrected chi connectivity index (χ2v) is 10.3. The molecular formula is C27H26FN2O4P. The number of halogens is 1. The largest absolute Gasteiger partial charge is 0.435 e. The summed E-state index contributed by atoms with van der Waals surface area (Å²) in [5, 5.41) is 0. The first-order valence-corrected chi connectivity index (χ1v) is 12.9. The van der Waals surface area contributed by atoms with Crippen molar-refractivity contribution in [2.45, 2.75) is 25.9 Å². The van der Waals surface area contributed by atoms with E-state index < -0.39 is 19.1 Å². The first-order valence-electron chi connectivity index (χ1n) is 11.2. The molecule has 3 aromatic carbocycles. The molecule has 0 saturated carbocycles. The van der Waals surface area contributed by atoms with Crippen LogP contribution in [0.5, 0.6) is 11.5 Å². The van der Waals surface area contributed by atoms with Gasteiger partial charge in [0.15, 0.2) is 0 Å². The van der Waals surface area contributed by atoms with Crippen LogP contribution in [0.1, 0.15) is 31.0 Å². The van der Waals surface area contributed by atoms with Crippen LogP contribution in [-0.4, -0.2) is 9.55 Å². The molecule has 1 heterocycles. The minimum atomic E-state index is -3.87. The van der Waals surface area contributed by atoms with Crippen LogP contribution in [0.2, 0.25) is 0 Å². The molecule has 6 nitrogen and oxygen atoms in total. The van der Waals surface area contributed by atoms with Crippen molar-refractivity contribution in [2.24, 2.45) is 7.05 Å². The molecule has 0 amide bonds. The molecule has 0 aliphatic heterocycles. The Hall–Kier alpha value is -3.70. The second-order valence-electron chi connectivity index (χ2n) is 8.41. The third-order valence-corrected chi connectivity index (χ3v) is 7.11. The summed E-state index contributed by atoms with van der Waals surface area (Å²) in [5.74, 6) is 0.224. The molecule has 35 heavy (non-hydrogen) atoms. The maximum Gasteiger partial charge on any atom is 0.435 e. The van der Waals surface area contributed by atoms with Gasteiger partial charge in [0.05, 0.1) is 11.4 Å². The first kappa shape index (κ1) is 24.4. The van der Waals surface area contributed by atoms with Crippen LogP contribution >= 0.6 is 7.60 Å². The molecule has 0 saturated heterocycles. The van der Waals surface area contributed by atoms with Crippen LogP contribution < -0.4 is 14.7 Å². The van der Waals surface area contributed by atoms with Gasteiger partial charge in [-0.3, -0.25) is 4.57 Å². The van der Waals surface area contributed by atoms with Crippen molar-refractivity contribution in [3.05, 3.63) is 112 Å². The quantitative estimate of drug-likeness (QED) is 0.261. The fraction of sp³-hybridized carbons (Fsp3) is 0.185. The Kier molecular flexibility index (Phi) is 7.17. The van der Waals surface area contributed by atoms with Crippen LogP contribution in [-0.2, 0) is 17.8 Å². The summed E-state index contributed by atoms with van der Waals surface area (Å²) in [7, 11) is -2.29. The van der Waals surface area contributed by atoms with Crippen molar-refractivity contribution < 1.29 is 18.0 Å². The fourth-order valence-electron chi connectivity index (χ4n) is 3.83. The number of aromatic nitrogens is 2. The lowest BCUT2D eigenvalue weighted by Crippen LogP contribution is -2.26. The molecule has 0 N–H and O–H groups in total. The number of rotatable bonds is 8. The number of para-hydroxylation sites is 2. The predicted molar refractivity (Wildman–Crippen MR) is 134 cm³/mol. The fourth-order valence-corrected chi connectivity index (χ4v) is 5.59. The van der Waals surface area contributed by atoms with E-state index in [-0.39, 0.29) is 12.1 Å². The van der Waals surface area contributed by atoms with Crippen molar-refractivity contribution >= 4 is 7.60 Å². The van der Waals surface area contributed by atoms with Crippen LogP contribution in [0.4, 0.5) is 4.39 Å². The van der Waals surface area contributed by atoms with Crippen molar-refractivity contribution in [3.8, 4) is 22.8 Å². The van der Waals surface area contributed by atoms with E-state index in [0.29, 0.717) is 34.0 Å². The molecule has 0 fully saturated rings. The summed E-state index contributed by atoms with van der Waals surface area (Å²) in [6.07, 6.45) is -0.155. The Morgan fingerprint density at radius 3 is 1.89 bits per heavy atom.